The Bertz CT molecular complexity index is 908. The molecule has 1 aromatic heterocycles. The quantitative estimate of drug-likeness (QED) is 0.505. The lowest BCUT2D eigenvalue weighted by Crippen LogP contribution is -2.30. The first-order valence-corrected chi connectivity index (χ1v) is 8.32. The van der Waals surface area contributed by atoms with E-state index in [1.54, 1.807) is 0 Å². The molecule has 122 valence electrons. The van der Waals surface area contributed by atoms with Gasteiger partial charge in [-0.25, -0.2) is 4.98 Å². The van der Waals surface area contributed by atoms with E-state index in [9.17, 15) is 14.9 Å². The van der Waals surface area contributed by atoms with Gasteiger partial charge in [-0.2, -0.15) is 0 Å². The largest absolute Gasteiger partial charge is 0.284 e. The van der Waals surface area contributed by atoms with Gasteiger partial charge in [0.2, 0.25) is 0 Å². The van der Waals surface area contributed by atoms with E-state index in [1.165, 1.54) is 34.4 Å². The number of aromatic nitrogens is 1. The molecular weight excluding hydrogens is 350 g/mol. The van der Waals surface area contributed by atoms with Crippen LogP contribution in [0.1, 0.15) is 17.3 Å². The number of hydrogen-bond donors (Lipinski definition) is 0. The molecule has 0 radical (unpaired) electrons. The van der Waals surface area contributed by atoms with Gasteiger partial charge in [0.25, 0.3) is 11.6 Å². The van der Waals surface area contributed by atoms with Crippen LogP contribution in [0.3, 0.4) is 0 Å². The Morgan fingerprint density at radius 1 is 1.33 bits per heavy atom. The van der Waals surface area contributed by atoms with Gasteiger partial charge in [0, 0.05) is 18.7 Å². The minimum Gasteiger partial charge on any atom is -0.284 e. The van der Waals surface area contributed by atoms with Crippen molar-refractivity contribution in [3.8, 4) is 0 Å². The number of para-hydroxylation sites is 1. The van der Waals surface area contributed by atoms with Crippen LogP contribution in [0.15, 0.2) is 42.5 Å². The molecule has 0 atom stereocenters. The number of halogens is 1. The van der Waals surface area contributed by atoms with Crippen molar-refractivity contribution in [2.24, 2.45) is 0 Å². The van der Waals surface area contributed by atoms with E-state index in [0.29, 0.717) is 11.7 Å². The lowest BCUT2D eigenvalue weighted by molar-refractivity contribution is -0.384. The maximum Gasteiger partial charge on any atom is 0.270 e. The van der Waals surface area contributed by atoms with E-state index in [4.69, 9.17) is 11.6 Å². The predicted octanol–water partition coefficient (Wildman–Crippen LogP) is 4.52. The van der Waals surface area contributed by atoms with Gasteiger partial charge in [0.1, 0.15) is 0 Å². The number of benzene rings is 2. The third-order valence-electron chi connectivity index (χ3n) is 3.47. The molecule has 0 aliphatic carbocycles. The Morgan fingerprint density at radius 3 is 2.71 bits per heavy atom. The number of thiazole rings is 1. The molecule has 3 rings (SSSR count). The highest BCUT2D eigenvalue weighted by molar-refractivity contribution is 7.22. The van der Waals surface area contributed by atoms with Crippen LogP contribution in [-0.2, 0) is 0 Å². The molecule has 1 amide bonds. The first kappa shape index (κ1) is 16.4. The number of fused-ring (bicyclic) bond motifs is 1. The standard InChI is InChI=1S/C16H12ClN3O3S/c1-2-19(16-18-13-5-3-4-6-14(13)24-16)15(21)11-8-7-10(20(22)23)9-12(11)17/h3-9H,2H2,1H3. The van der Waals surface area contributed by atoms with E-state index < -0.39 is 4.92 Å². The van der Waals surface area contributed by atoms with Gasteiger partial charge in [0.05, 0.1) is 25.7 Å². The molecule has 0 fully saturated rings. The maximum absolute atomic E-state index is 12.8. The molecule has 0 saturated carbocycles. The Hall–Kier alpha value is -2.51. The molecule has 0 N–H and O–H groups in total. The van der Waals surface area contributed by atoms with Crippen LogP contribution in [0, 0.1) is 10.1 Å². The van der Waals surface area contributed by atoms with E-state index in [-0.39, 0.29) is 22.2 Å². The summed E-state index contributed by atoms with van der Waals surface area (Å²) >= 11 is 7.48. The van der Waals surface area contributed by atoms with Gasteiger partial charge in [-0.15, -0.1) is 0 Å². The van der Waals surface area contributed by atoms with Gasteiger partial charge in [-0.05, 0) is 25.1 Å². The molecule has 0 aliphatic rings. The molecule has 8 heteroatoms. The fraction of sp³-hybridized carbons (Fsp3) is 0.125. The summed E-state index contributed by atoms with van der Waals surface area (Å²) in [6, 6.07) is 11.4. The molecule has 0 spiro atoms. The topological polar surface area (TPSA) is 76.3 Å². The van der Waals surface area contributed by atoms with Crippen LogP contribution < -0.4 is 4.90 Å². The van der Waals surface area contributed by atoms with Crippen molar-refractivity contribution in [2.45, 2.75) is 6.92 Å². The number of carbonyl (C=O) groups is 1. The summed E-state index contributed by atoms with van der Waals surface area (Å²) < 4.78 is 0.980. The molecule has 0 unspecified atom stereocenters. The van der Waals surface area contributed by atoms with Crippen molar-refractivity contribution < 1.29 is 9.72 Å². The van der Waals surface area contributed by atoms with Crippen LogP contribution in [0.4, 0.5) is 10.8 Å². The maximum atomic E-state index is 12.8. The van der Waals surface area contributed by atoms with E-state index in [1.807, 2.05) is 31.2 Å². The normalized spacial score (nSPS) is 10.8. The van der Waals surface area contributed by atoms with Crippen molar-refractivity contribution in [1.29, 1.82) is 0 Å². The number of nitro groups is 1. The minimum atomic E-state index is -0.550. The highest BCUT2D eigenvalue weighted by Crippen LogP contribution is 2.31. The number of amides is 1. The lowest BCUT2D eigenvalue weighted by Gasteiger charge is -2.18. The fourth-order valence-electron chi connectivity index (χ4n) is 2.28. The summed E-state index contributed by atoms with van der Waals surface area (Å²) in [5, 5.41) is 11.4. The zero-order valence-corrected chi connectivity index (χ0v) is 14.2. The van der Waals surface area contributed by atoms with E-state index in [2.05, 4.69) is 4.98 Å². The van der Waals surface area contributed by atoms with E-state index >= 15 is 0 Å². The molecule has 1 heterocycles. The second kappa shape index (κ2) is 6.54. The number of non-ortho nitro benzene ring substituents is 1. The van der Waals surface area contributed by atoms with Crippen molar-refractivity contribution in [2.75, 3.05) is 11.4 Å². The van der Waals surface area contributed by atoms with Gasteiger partial charge < -0.3 is 0 Å². The van der Waals surface area contributed by atoms with Crippen LogP contribution in [0.2, 0.25) is 5.02 Å². The molecule has 2 aromatic carbocycles. The van der Waals surface area contributed by atoms with Crippen molar-refractivity contribution in [3.63, 3.8) is 0 Å². The summed E-state index contributed by atoms with van der Waals surface area (Å²) in [4.78, 5) is 29.0. The van der Waals surface area contributed by atoms with Gasteiger partial charge >= 0.3 is 0 Å². The third kappa shape index (κ3) is 2.95. The molecule has 24 heavy (non-hydrogen) atoms. The van der Waals surface area contributed by atoms with Crippen LogP contribution in [0.25, 0.3) is 10.2 Å². The average molecular weight is 362 g/mol. The number of rotatable bonds is 4. The first-order valence-electron chi connectivity index (χ1n) is 7.12. The number of nitrogens with zero attached hydrogens (tertiary/aromatic N) is 3. The summed E-state index contributed by atoms with van der Waals surface area (Å²) in [6.45, 7) is 2.25. The molecule has 0 bridgehead atoms. The summed E-state index contributed by atoms with van der Waals surface area (Å²) in [6.07, 6.45) is 0. The van der Waals surface area contributed by atoms with Crippen molar-refractivity contribution in [1.82, 2.24) is 4.98 Å². The minimum absolute atomic E-state index is 0.0498. The van der Waals surface area contributed by atoms with Crippen LogP contribution in [0.5, 0.6) is 0 Å². The monoisotopic (exact) mass is 361 g/mol. The van der Waals surface area contributed by atoms with E-state index in [0.717, 1.165) is 10.2 Å². The molecule has 0 saturated heterocycles. The Balaban J connectivity index is 1.98. The third-order valence-corrected chi connectivity index (χ3v) is 4.84. The van der Waals surface area contributed by atoms with Crippen molar-refractivity contribution in [3.05, 3.63) is 63.2 Å². The molecule has 6 nitrogen and oxygen atoms in total. The molecule has 3 aromatic rings. The highest BCUT2D eigenvalue weighted by Gasteiger charge is 2.23. The number of carbonyl (C=O) groups excluding carboxylic acids is 1. The second-order valence-electron chi connectivity index (χ2n) is 4.93. The van der Waals surface area contributed by atoms with Gasteiger partial charge in [0.15, 0.2) is 5.13 Å². The molecule has 0 aliphatic heterocycles. The lowest BCUT2D eigenvalue weighted by atomic mass is 10.2. The first-order chi connectivity index (χ1) is 11.5. The number of nitro benzene ring substituents is 1. The van der Waals surface area contributed by atoms with Crippen molar-refractivity contribution >= 4 is 49.9 Å². The second-order valence-corrected chi connectivity index (χ2v) is 6.35. The zero-order valence-electron chi connectivity index (χ0n) is 12.6. The predicted molar refractivity (Wildman–Crippen MR) is 95.1 cm³/mol. The number of hydrogen-bond acceptors (Lipinski definition) is 5. The van der Waals surface area contributed by atoms with Gasteiger partial charge in [-0.1, -0.05) is 35.1 Å². The molecular formula is C16H12ClN3O3S. The van der Waals surface area contributed by atoms with Crippen LogP contribution in [-0.4, -0.2) is 22.4 Å². The zero-order chi connectivity index (χ0) is 17.3. The fourth-order valence-corrected chi connectivity index (χ4v) is 3.56. The summed E-state index contributed by atoms with van der Waals surface area (Å²) in [7, 11) is 0. The number of anilines is 1. The van der Waals surface area contributed by atoms with Crippen LogP contribution >= 0.6 is 22.9 Å². The van der Waals surface area contributed by atoms with Gasteiger partial charge in [-0.3, -0.25) is 19.8 Å². The smallest absolute Gasteiger partial charge is 0.270 e. The Kier molecular flexibility index (Phi) is 4.46. The Morgan fingerprint density at radius 2 is 2.08 bits per heavy atom. The Labute approximate surface area is 146 Å². The summed E-state index contributed by atoms with van der Waals surface area (Å²) in [5.74, 6) is -0.337. The summed E-state index contributed by atoms with van der Waals surface area (Å²) in [5.41, 5.74) is 0.876. The average Bonchev–Trinajstić information content (AvgIpc) is 2.98. The SMILES string of the molecule is CCN(C(=O)c1ccc([N+](=O)[O-])cc1Cl)c1nc2ccccc2s1. The highest BCUT2D eigenvalue weighted by atomic mass is 35.5.